The second-order valence-electron chi connectivity index (χ2n) is 3.76. The molecule has 0 saturated carbocycles. The number of carbonyl (C=O) groups is 2. The molecule has 1 aromatic rings. The third kappa shape index (κ3) is 4.22. The number of nitrogens with zero attached hydrogens (tertiary/aromatic N) is 1. The fourth-order valence-corrected chi connectivity index (χ4v) is 1.86. The maximum Gasteiger partial charge on any atom is 0.286 e. The maximum absolute atomic E-state index is 11.7. The van der Waals surface area contributed by atoms with Crippen molar-refractivity contribution < 1.29 is 9.59 Å². The van der Waals surface area contributed by atoms with Crippen LogP contribution in [0.15, 0.2) is 16.7 Å². The van der Waals surface area contributed by atoms with Crippen LogP contribution in [0.2, 0.25) is 0 Å². The third-order valence-corrected chi connectivity index (χ3v) is 2.71. The van der Waals surface area contributed by atoms with Crippen LogP contribution in [0.4, 0.5) is 0 Å². The van der Waals surface area contributed by atoms with Gasteiger partial charge in [-0.1, -0.05) is 13.3 Å². The molecule has 0 fully saturated rings. The van der Waals surface area contributed by atoms with Gasteiger partial charge in [0.25, 0.3) is 5.91 Å². The highest BCUT2D eigenvalue weighted by molar-refractivity contribution is 9.10. The van der Waals surface area contributed by atoms with Crippen molar-refractivity contribution in [3.05, 3.63) is 22.4 Å². The molecular formula is C11H16BrN3O2. The molecule has 0 spiro atoms. The van der Waals surface area contributed by atoms with Gasteiger partial charge in [-0.15, -0.1) is 0 Å². The van der Waals surface area contributed by atoms with E-state index in [-0.39, 0.29) is 11.8 Å². The summed E-state index contributed by atoms with van der Waals surface area (Å²) in [4.78, 5) is 23.0. The summed E-state index contributed by atoms with van der Waals surface area (Å²) in [7, 11) is 1.76. The van der Waals surface area contributed by atoms with Gasteiger partial charge in [0, 0.05) is 24.1 Å². The molecule has 1 heterocycles. The summed E-state index contributed by atoms with van der Waals surface area (Å²) >= 11 is 3.28. The Hall–Kier alpha value is -1.30. The Balaban J connectivity index is 2.45. The minimum Gasteiger partial charge on any atom is -0.345 e. The number of rotatable bonds is 4. The van der Waals surface area contributed by atoms with Crippen molar-refractivity contribution in [3.8, 4) is 0 Å². The molecule has 5 nitrogen and oxygen atoms in total. The number of carbonyl (C=O) groups excluding carboxylic acids is 2. The van der Waals surface area contributed by atoms with Gasteiger partial charge in [-0.3, -0.25) is 20.4 Å². The van der Waals surface area contributed by atoms with Crippen molar-refractivity contribution in [2.24, 2.45) is 7.05 Å². The number of amides is 2. The zero-order valence-electron chi connectivity index (χ0n) is 9.92. The lowest BCUT2D eigenvalue weighted by Crippen LogP contribution is -2.42. The average molecular weight is 302 g/mol. The van der Waals surface area contributed by atoms with Crippen molar-refractivity contribution in [2.75, 3.05) is 0 Å². The summed E-state index contributed by atoms with van der Waals surface area (Å²) in [5, 5.41) is 0. The van der Waals surface area contributed by atoms with Gasteiger partial charge < -0.3 is 4.57 Å². The topological polar surface area (TPSA) is 63.1 Å². The van der Waals surface area contributed by atoms with Gasteiger partial charge in [-0.05, 0) is 28.4 Å². The number of unbranched alkanes of at least 4 members (excludes halogenated alkanes) is 1. The first-order valence-electron chi connectivity index (χ1n) is 5.45. The monoisotopic (exact) mass is 301 g/mol. The first-order chi connectivity index (χ1) is 8.04. The molecule has 0 aliphatic heterocycles. The van der Waals surface area contributed by atoms with E-state index in [0.717, 1.165) is 17.3 Å². The molecule has 0 aromatic carbocycles. The molecule has 1 aromatic heterocycles. The summed E-state index contributed by atoms with van der Waals surface area (Å²) in [5.74, 6) is -0.503. The second kappa shape index (κ2) is 6.44. The molecule has 0 saturated heterocycles. The van der Waals surface area contributed by atoms with Crippen LogP contribution in [-0.4, -0.2) is 16.4 Å². The van der Waals surface area contributed by atoms with E-state index in [4.69, 9.17) is 0 Å². The molecule has 1 rings (SSSR count). The molecule has 0 unspecified atom stereocenters. The van der Waals surface area contributed by atoms with Crippen LogP contribution in [0.3, 0.4) is 0 Å². The van der Waals surface area contributed by atoms with Gasteiger partial charge >= 0.3 is 0 Å². The molecular weight excluding hydrogens is 286 g/mol. The molecule has 2 N–H and O–H groups in total. The van der Waals surface area contributed by atoms with Crippen LogP contribution in [0.25, 0.3) is 0 Å². The first-order valence-corrected chi connectivity index (χ1v) is 6.25. The van der Waals surface area contributed by atoms with Crippen molar-refractivity contribution in [3.63, 3.8) is 0 Å². The molecule has 0 aliphatic rings. The molecule has 2 amide bonds. The van der Waals surface area contributed by atoms with Gasteiger partial charge in [0.05, 0.1) is 0 Å². The number of aryl methyl sites for hydroxylation is 1. The minimum absolute atomic E-state index is 0.173. The van der Waals surface area contributed by atoms with Gasteiger partial charge in [0.1, 0.15) is 5.69 Å². The highest BCUT2D eigenvalue weighted by Crippen LogP contribution is 2.13. The van der Waals surface area contributed by atoms with Crippen LogP contribution >= 0.6 is 15.9 Å². The maximum atomic E-state index is 11.7. The van der Waals surface area contributed by atoms with Crippen LogP contribution < -0.4 is 10.9 Å². The van der Waals surface area contributed by atoms with Crippen molar-refractivity contribution >= 4 is 27.7 Å². The second-order valence-corrected chi connectivity index (χ2v) is 4.68. The third-order valence-electron chi connectivity index (χ3n) is 2.28. The van der Waals surface area contributed by atoms with E-state index < -0.39 is 0 Å². The quantitative estimate of drug-likeness (QED) is 0.832. The SMILES string of the molecule is CCCCC(=O)NNC(=O)c1cc(Br)cn1C. The molecule has 6 heteroatoms. The van der Waals surface area contributed by atoms with E-state index in [1.165, 1.54) is 0 Å². The lowest BCUT2D eigenvalue weighted by atomic mass is 10.2. The van der Waals surface area contributed by atoms with Gasteiger partial charge in [-0.25, -0.2) is 0 Å². The van der Waals surface area contributed by atoms with E-state index in [1.807, 2.05) is 6.92 Å². The normalized spacial score (nSPS) is 10.1. The summed E-state index contributed by atoms with van der Waals surface area (Å²) in [5.41, 5.74) is 5.25. The Morgan fingerprint density at radius 1 is 1.41 bits per heavy atom. The number of hydrogen-bond acceptors (Lipinski definition) is 2. The van der Waals surface area contributed by atoms with Crippen LogP contribution in [0.5, 0.6) is 0 Å². The highest BCUT2D eigenvalue weighted by atomic mass is 79.9. The van der Waals surface area contributed by atoms with Gasteiger partial charge in [-0.2, -0.15) is 0 Å². The number of nitrogens with one attached hydrogen (secondary N) is 2. The number of aromatic nitrogens is 1. The fourth-order valence-electron chi connectivity index (χ4n) is 1.34. The van der Waals surface area contributed by atoms with E-state index >= 15 is 0 Å². The zero-order valence-corrected chi connectivity index (χ0v) is 11.5. The summed E-state index contributed by atoms with van der Waals surface area (Å²) < 4.78 is 2.50. The number of halogens is 1. The van der Waals surface area contributed by atoms with Gasteiger partial charge in [0.2, 0.25) is 5.91 Å². The van der Waals surface area contributed by atoms with E-state index in [2.05, 4.69) is 26.8 Å². The van der Waals surface area contributed by atoms with Crippen molar-refractivity contribution in [1.29, 1.82) is 0 Å². The lowest BCUT2D eigenvalue weighted by molar-refractivity contribution is -0.121. The molecule has 0 aliphatic carbocycles. The Morgan fingerprint density at radius 3 is 2.65 bits per heavy atom. The standard InChI is InChI=1S/C11H16BrN3O2/c1-3-4-5-10(16)13-14-11(17)9-6-8(12)7-15(9)2/h6-7H,3-5H2,1-2H3,(H,13,16)(H,14,17). The Labute approximate surface area is 109 Å². The fraction of sp³-hybridized carbons (Fsp3) is 0.455. The lowest BCUT2D eigenvalue weighted by Gasteiger charge is -2.07. The number of hydrogen-bond donors (Lipinski definition) is 2. The summed E-state index contributed by atoms with van der Waals surface area (Å²) in [6.45, 7) is 2.01. The van der Waals surface area contributed by atoms with Gasteiger partial charge in [0.15, 0.2) is 0 Å². The minimum atomic E-state index is -0.331. The van der Waals surface area contributed by atoms with Crippen molar-refractivity contribution in [2.45, 2.75) is 26.2 Å². The van der Waals surface area contributed by atoms with Crippen molar-refractivity contribution in [1.82, 2.24) is 15.4 Å². The zero-order chi connectivity index (χ0) is 12.8. The predicted molar refractivity (Wildman–Crippen MR) is 68.2 cm³/mol. The van der Waals surface area contributed by atoms with E-state index in [1.54, 1.807) is 23.9 Å². The summed E-state index contributed by atoms with van der Waals surface area (Å²) in [6.07, 6.45) is 3.96. The first kappa shape index (κ1) is 13.8. The molecule has 0 bridgehead atoms. The Morgan fingerprint density at radius 2 is 2.12 bits per heavy atom. The molecule has 0 radical (unpaired) electrons. The number of hydrazine groups is 1. The molecule has 94 valence electrons. The van der Waals surface area contributed by atoms with Crippen LogP contribution in [0.1, 0.15) is 36.7 Å². The summed E-state index contributed by atoms with van der Waals surface area (Å²) in [6, 6.07) is 1.69. The van der Waals surface area contributed by atoms with Crippen LogP contribution in [0, 0.1) is 0 Å². The average Bonchev–Trinajstić information content (AvgIpc) is 2.62. The Kier molecular flexibility index (Phi) is 5.21. The Bertz CT molecular complexity index is 415. The molecule has 17 heavy (non-hydrogen) atoms. The van der Waals surface area contributed by atoms with E-state index in [0.29, 0.717) is 12.1 Å². The van der Waals surface area contributed by atoms with Crippen LogP contribution in [-0.2, 0) is 11.8 Å². The largest absolute Gasteiger partial charge is 0.345 e. The van der Waals surface area contributed by atoms with E-state index in [9.17, 15) is 9.59 Å². The highest BCUT2D eigenvalue weighted by Gasteiger charge is 2.11. The predicted octanol–water partition coefficient (Wildman–Crippen LogP) is 1.74. The molecule has 0 atom stereocenters. The smallest absolute Gasteiger partial charge is 0.286 e.